The maximum Gasteiger partial charge on any atom is 0.338 e. The first kappa shape index (κ1) is 17.7. The third-order valence-corrected chi connectivity index (χ3v) is 3.07. The highest BCUT2D eigenvalue weighted by Gasteiger charge is 2.17. The molecular formula is C16H13N3O6. The fourth-order valence-electron chi connectivity index (χ4n) is 1.88. The van der Waals surface area contributed by atoms with Crippen LogP contribution in [0.15, 0.2) is 52.7 Å². The Balaban J connectivity index is 2.25. The monoisotopic (exact) mass is 343 g/mol. The van der Waals surface area contributed by atoms with Gasteiger partial charge >= 0.3 is 11.9 Å². The molecule has 2 rings (SSSR count). The quantitative estimate of drug-likeness (QED) is 0.366. The maximum atomic E-state index is 11.5. The molecular weight excluding hydrogens is 330 g/mol. The number of carboxylic acids is 1. The number of benzene rings is 2. The van der Waals surface area contributed by atoms with E-state index in [1.165, 1.54) is 36.4 Å². The van der Waals surface area contributed by atoms with E-state index >= 15 is 0 Å². The Kier molecular flexibility index (Phi) is 5.51. The summed E-state index contributed by atoms with van der Waals surface area (Å²) < 4.78 is 4.85. The highest BCUT2D eigenvalue weighted by Crippen LogP contribution is 2.30. The van der Waals surface area contributed by atoms with Crippen molar-refractivity contribution in [2.24, 2.45) is 10.2 Å². The lowest BCUT2D eigenvalue weighted by Gasteiger charge is -2.01. The standard InChI is InChI=1S/C16H13N3O6/c1-2-25-16(22)10-3-6-12(7-4-10)17-18-13-8-5-11(15(20)21)9-14(13)19(23)24/h3-9H,2H2,1H3,(H,20,21)/b18-17+. The van der Waals surface area contributed by atoms with Crippen molar-refractivity contribution in [2.75, 3.05) is 6.61 Å². The molecule has 0 unspecified atom stereocenters. The molecule has 0 saturated carbocycles. The number of ether oxygens (including phenoxy) is 1. The van der Waals surface area contributed by atoms with Crippen molar-refractivity contribution in [3.8, 4) is 0 Å². The first-order valence-corrected chi connectivity index (χ1v) is 7.13. The number of nitro benzene ring substituents is 1. The van der Waals surface area contributed by atoms with Crippen LogP contribution < -0.4 is 0 Å². The Morgan fingerprint density at radius 1 is 1.12 bits per heavy atom. The maximum absolute atomic E-state index is 11.5. The molecule has 2 aromatic carbocycles. The Bertz CT molecular complexity index is 845. The van der Waals surface area contributed by atoms with Crippen molar-refractivity contribution >= 4 is 29.0 Å². The van der Waals surface area contributed by atoms with Crippen LogP contribution in [0.5, 0.6) is 0 Å². The molecule has 0 aliphatic rings. The van der Waals surface area contributed by atoms with Crippen molar-refractivity contribution in [1.29, 1.82) is 0 Å². The lowest BCUT2D eigenvalue weighted by Crippen LogP contribution is -2.03. The zero-order chi connectivity index (χ0) is 18.4. The van der Waals surface area contributed by atoms with Gasteiger partial charge in [-0.3, -0.25) is 10.1 Å². The van der Waals surface area contributed by atoms with E-state index in [1.807, 2.05) is 0 Å². The van der Waals surface area contributed by atoms with Crippen LogP contribution in [0.2, 0.25) is 0 Å². The van der Waals surface area contributed by atoms with Crippen molar-refractivity contribution in [2.45, 2.75) is 6.92 Å². The van der Waals surface area contributed by atoms with E-state index in [2.05, 4.69) is 10.2 Å². The van der Waals surface area contributed by atoms with Gasteiger partial charge in [-0.1, -0.05) is 0 Å². The van der Waals surface area contributed by atoms with E-state index in [1.54, 1.807) is 6.92 Å². The normalized spacial score (nSPS) is 10.6. The molecule has 0 aliphatic carbocycles. The van der Waals surface area contributed by atoms with E-state index in [0.29, 0.717) is 11.3 Å². The van der Waals surface area contributed by atoms with E-state index in [4.69, 9.17) is 9.84 Å². The van der Waals surface area contributed by atoms with Crippen LogP contribution in [0.1, 0.15) is 27.6 Å². The minimum atomic E-state index is -1.28. The summed E-state index contributed by atoms with van der Waals surface area (Å²) in [5.74, 6) is -1.74. The van der Waals surface area contributed by atoms with Crippen molar-refractivity contribution < 1.29 is 24.4 Å². The van der Waals surface area contributed by atoms with Crippen LogP contribution >= 0.6 is 0 Å². The molecule has 0 aromatic heterocycles. The summed E-state index contributed by atoms with van der Waals surface area (Å²) >= 11 is 0. The highest BCUT2D eigenvalue weighted by molar-refractivity contribution is 5.90. The molecule has 0 radical (unpaired) electrons. The number of azo groups is 1. The highest BCUT2D eigenvalue weighted by atomic mass is 16.6. The number of nitro groups is 1. The lowest BCUT2D eigenvalue weighted by atomic mass is 10.2. The van der Waals surface area contributed by atoms with Gasteiger partial charge in [0.15, 0.2) is 5.69 Å². The second-order valence-electron chi connectivity index (χ2n) is 4.73. The number of esters is 1. The molecule has 0 heterocycles. The predicted molar refractivity (Wildman–Crippen MR) is 86.6 cm³/mol. The molecule has 0 fully saturated rings. The average Bonchev–Trinajstić information content (AvgIpc) is 2.60. The summed E-state index contributed by atoms with van der Waals surface area (Å²) in [7, 11) is 0. The van der Waals surface area contributed by atoms with E-state index in [-0.39, 0.29) is 17.9 Å². The molecule has 25 heavy (non-hydrogen) atoms. The molecule has 0 aliphatic heterocycles. The minimum absolute atomic E-state index is 0.0792. The smallest absolute Gasteiger partial charge is 0.338 e. The first-order chi connectivity index (χ1) is 11.9. The van der Waals surface area contributed by atoms with E-state index in [9.17, 15) is 19.7 Å². The summed E-state index contributed by atoms with van der Waals surface area (Å²) in [4.78, 5) is 32.7. The Morgan fingerprint density at radius 2 is 1.76 bits per heavy atom. The van der Waals surface area contributed by atoms with Gasteiger partial charge in [0, 0.05) is 6.07 Å². The third kappa shape index (κ3) is 4.44. The molecule has 128 valence electrons. The zero-order valence-corrected chi connectivity index (χ0v) is 13.1. The zero-order valence-electron chi connectivity index (χ0n) is 13.1. The minimum Gasteiger partial charge on any atom is -0.478 e. The molecule has 0 bridgehead atoms. The fraction of sp³-hybridized carbons (Fsp3) is 0.125. The second kappa shape index (κ2) is 7.77. The van der Waals surface area contributed by atoms with Crippen LogP contribution in [0.3, 0.4) is 0 Å². The molecule has 2 aromatic rings. The van der Waals surface area contributed by atoms with Crippen molar-refractivity contribution in [3.05, 3.63) is 63.7 Å². The number of nitrogens with zero attached hydrogens (tertiary/aromatic N) is 3. The van der Waals surface area contributed by atoms with E-state index in [0.717, 1.165) is 6.07 Å². The van der Waals surface area contributed by atoms with Gasteiger partial charge in [0.2, 0.25) is 0 Å². The van der Waals surface area contributed by atoms with Gasteiger partial charge in [0.1, 0.15) is 0 Å². The van der Waals surface area contributed by atoms with Gasteiger partial charge in [-0.15, -0.1) is 5.11 Å². The molecule has 0 atom stereocenters. The Hall–Kier alpha value is -3.62. The number of rotatable bonds is 6. The Labute approximate surface area is 141 Å². The third-order valence-electron chi connectivity index (χ3n) is 3.07. The fourth-order valence-corrected chi connectivity index (χ4v) is 1.88. The lowest BCUT2D eigenvalue weighted by molar-refractivity contribution is -0.384. The Morgan fingerprint density at radius 3 is 2.32 bits per heavy atom. The average molecular weight is 343 g/mol. The number of carbonyl (C=O) groups excluding carboxylic acids is 1. The summed E-state index contributed by atoms with van der Waals surface area (Å²) in [6, 6.07) is 9.33. The molecule has 1 N–H and O–H groups in total. The second-order valence-corrected chi connectivity index (χ2v) is 4.73. The number of hydrogen-bond donors (Lipinski definition) is 1. The number of aromatic carboxylic acids is 1. The molecule has 9 nitrogen and oxygen atoms in total. The summed E-state index contributed by atoms with van der Waals surface area (Å²) in [5.41, 5.74) is -0.0528. The van der Waals surface area contributed by atoms with Gasteiger partial charge in [-0.25, -0.2) is 9.59 Å². The predicted octanol–water partition coefficient (Wildman–Crippen LogP) is 3.89. The van der Waals surface area contributed by atoms with Crippen LogP contribution in [-0.2, 0) is 4.74 Å². The van der Waals surface area contributed by atoms with Crippen LogP contribution in [0.4, 0.5) is 17.1 Å². The first-order valence-electron chi connectivity index (χ1n) is 7.13. The van der Waals surface area contributed by atoms with Gasteiger partial charge in [0.25, 0.3) is 5.69 Å². The van der Waals surface area contributed by atoms with Crippen LogP contribution in [0, 0.1) is 10.1 Å². The van der Waals surface area contributed by atoms with Crippen molar-refractivity contribution in [1.82, 2.24) is 0 Å². The number of carboxylic acid groups (broad SMARTS) is 1. The summed E-state index contributed by atoms with van der Waals surface area (Å²) in [6.45, 7) is 1.96. The van der Waals surface area contributed by atoms with E-state index < -0.39 is 22.5 Å². The molecule has 9 heteroatoms. The number of carbonyl (C=O) groups is 2. The SMILES string of the molecule is CCOC(=O)c1ccc(/N=N/c2ccc(C(=O)O)cc2[N+](=O)[O-])cc1. The van der Waals surface area contributed by atoms with Gasteiger partial charge in [-0.2, -0.15) is 5.11 Å². The molecule has 0 amide bonds. The van der Waals surface area contributed by atoms with Crippen LogP contribution in [-0.4, -0.2) is 28.6 Å². The topological polar surface area (TPSA) is 131 Å². The van der Waals surface area contributed by atoms with Gasteiger partial charge in [0.05, 0.1) is 28.3 Å². The largest absolute Gasteiger partial charge is 0.478 e. The van der Waals surface area contributed by atoms with Crippen molar-refractivity contribution in [3.63, 3.8) is 0 Å². The van der Waals surface area contributed by atoms with Gasteiger partial charge in [-0.05, 0) is 43.3 Å². The number of hydrogen-bond acceptors (Lipinski definition) is 7. The molecule has 0 saturated heterocycles. The summed E-state index contributed by atoms with van der Waals surface area (Å²) in [5, 5.41) is 27.6. The van der Waals surface area contributed by atoms with Crippen LogP contribution in [0.25, 0.3) is 0 Å². The summed E-state index contributed by atoms with van der Waals surface area (Å²) in [6.07, 6.45) is 0. The van der Waals surface area contributed by atoms with Gasteiger partial charge < -0.3 is 9.84 Å². The molecule has 0 spiro atoms.